The minimum absolute atomic E-state index is 0.0764. The van der Waals surface area contributed by atoms with Crippen LogP contribution in [0.3, 0.4) is 0 Å². The van der Waals surface area contributed by atoms with Crippen molar-refractivity contribution < 1.29 is 18.3 Å². The van der Waals surface area contributed by atoms with Gasteiger partial charge >= 0.3 is 6.18 Å². The van der Waals surface area contributed by atoms with Crippen LogP contribution < -0.4 is 0 Å². The van der Waals surface area contributed by atoms with Crippen LogP contribution in [-0.2, 0) is 12.8 Å². The number of aryl methyl sites for hydroxylation is 1. The number of alkyl halides is 3. The van der Waals surface area contributed by atoms with Crippen LogP contribution in [0.15, 0.2) is 18.2 Å². The largest absolute Gasteiger partial charge is 0.416 e. The highest BCUT2D eigenvalue weighted by Crippen LogP contribution is 2.32. The third kappa shape index (κ3) is 2.21. The average Bonchev–Trinajstić information content (AvgIpc) is 2.01. The second kappa shape index (κ2) is 3.38. The standard InChI is InChI=1S/C9H9F3O/c1-6-2-3-8(9(10,11)12)7(4-6)5-13/h2-4,13H,5H2,1H3. The second-order valence-corrected chi connectivity index (χ2v) is 2.82. The summed E-state index contributed by atoms with van der Waals surface area (Å²) in [6.45, 7) is 1.09. The first-order valence-corrected chi connectivity index (χ1v) is 3.72. The van der Waals surface area contributed by atoms with Crippen LogP contribution in [0, 0.1) is 6.92 Å². The smallest absolute Gasteiger partial charge is 0.392 e. The maximum absolute atomic E-state index is 12.3. The Hall–Kier alpha value is -1.03. The van der Waals surface area contributed by atoms with Crippen LogP contribution in [0.2, 0.25) is 0 Å². The Balaban J connectivity index is 3.22. The molecule has 1 nitrogen and oxygen atoms in total. The summed E-state index contributed by atoms with van der Waals surface area (Å²) in [6, 6.07) is 3.70. The van der Waals surface area contributed by atoms with Gasteiger partial charge in [-0.25, -0.2) is 0 Å². The molecule has 0 radical (unpaired) electrons. The molecule has 0 atom stereocenters. The Morgan fingerprint density at radius 1 is 1.31 bits per heavy atom. The lowest BCUT2D eigenvalue weighted by Crippen LogP contribution is -2.09. The Labute approximate surface area is 73.8 Å². The number of hydrogen-bond donors (Lipinski definition) is 1. The quantitative estimate of drug-likeness (QED) is 0.721. The van der Waals surface area contributed by atoms with E-state index < -0.39 is 18.3 Å². The van der Waals surface area contributed by atoms with E-state index in [1.807, 2.05) is 0 Å². The lowest BCUT2D eigenvalue weighted by Gasteiger charge is -2.11. The Morgan fingerprint density at radius 2 is 1.92 bits per heavy atom. The summed E-state index contributed by atoms with van der Waals surface area (Å²) in [7, 11) is 0. The Kier molecular flexibility index (Phi) is 2.61. The van der Waals surface area contributed by atoms with E-state index in [-0.39, 0.29) is 5.56 Å². The van der Waals surface area contributed by atoms with Crippen LogP contribution >= 0.6 is 0 Å². The fourth-order valence-electron chi connectivity index (χ4n) is 1.13. The predicted octanol–water partition coefficient (Wildman–Crippen LogP) is 2.51. The van der Waals surface area contributed by atoms with Gasteiger partial charge in [-0.2, -0.15) is 13.2 Å². The van der Waals surface area contributed by atoms with Crippen molar-refractivity contribution in [3.63, 3.8) is 0 Å². The van der Waals surface area contributed by atoms with Crippen LogP contribution in [0.4, 0.5) is 13.2 Å². The topological polar surface area (TPSA) is 20.2 Å². The minimum atomic E-state index is -4.38. The zero-order chi connectivity index (χ0) is 10.1. The van der Waals surface area contributed by atoms with Crippen molar-refractivity contribution in [1.82, 2.24) is 0 Å². The van der Waals surface area contributed by atoms with Crippen LogP contribution in [0.25, 0.3) is 0 Å². The van der Waals surface area contributed by atoms with Gasteiger partial charge < -0.3 is 5.11 Å². The molecule has 0 aromatic heterocycles. The van der Waals surface area contributed by atoms with Gasteiger partial charge in [0.1, 0.15) is 0 Å². The number of rotatable bonds is 1. The van der Waals surface area contributed by atoms with Gasteiger partial charge in [-0.1, -0.05) is 17.7 Å². The number of benzene rings is 1. The van der Waals surface area contributed by atoms with Gasteiger partial charge in [0.05, 0.1) is 12.2 Å². The first-order valence-electron chi connectivity index (χ1n) is 3.72. The maximum atomic E-state index is 12.3. The first-order chi connectivity index (χ1) is 5.95. The van der Waals surface area contributed by atoms with Crippen molar-refractivity contribution in [2.24, 2.45) is 0 Å². The molecule has 0 saturated heterocycles. The predicted molar refractivity (Wildman–Crippen MR) is 42.1 cm³/mol. The molecule has 0 unspecified atom stereocenters. The van der Waals surface area contributed by atoms with Gasteiger partial charge in [0.2, 0.25) is 0 Å². The summed E-state index contributed by atoms with van der Waals surface area (Å²) in [6.07, 6.45) is -4.38. The Morgan fingerprint density at radius 3 is 2.38 bits per heavy atom. The summed E-state index contributed by atoms with van der Waals surface area (Å²) < 4.78 is 36.8. The monoisotopic (exact) mass is 190 g/mol. The number of hydrogen-bond acceptors (Lipinski definition) is 1. The molecule has 0 aliphatic heterocycles. The van der Waals surface area contributed by atoms with Crippen molar-refractivity contribution in [1.29, 1.82) is 0 Å². The lowest BCUT2D eigenvalue weighted by atomic mass is 10.0. The van der Waals surface area contributed by atoms with Gasteiger partial charge in [-0.3, -0.25) is 0 Å². The van der Waals surface area contributed by atoms with Crippen LogP contribution in [0.1, 0.15) is 16.7 Å². The maximum Gasteiger partial charge on any atom is 0.416 e. The van der Waals surface area contributed by atoms with E-state index in [4.69, 9.17) is 5.11 Å². The molecule has 1 aromatic carbocycles. The second-order valence-electron chi connectivity index (χ2n) is 2.82. The zero-order valence-electron chi connectivity index (χ0n) is 7.02. The third-order valence-electron chi connectivity index (χ3n) is 1.74. The van der Waals surface area contributed by atoms with Crippen molar-refractivity contribution in [2.75, 3.05) is 0 Å². The third-order valence-corrected chi connectivity index (χ3v) is 1.74. The lowest BCUT2D eigenvalue weighted by molar-refractivity contribution is -0.138. The van der Waals surface area contributed by atoms with Crippen molar-refractivity contribution >= 4 is 0 Å². The zero-order valence-corrected chi connectivity index (χ0v) is 7.02. The van der Waals surface area contributed by atoms with Crippen molar-refractivity contribution in [3.8, 4) is 0 Å². The molecule has 0 amide bonds. The van der Waals surface area contributed by atoms with Crippen molar-refractivity contribution in [3.05, 3.63) is 34.9 Å². The molecular weight excluding hydrogens is 181 g/mol. The summed E-state index contributed by atoms with van der Waals surface area (Å²) >= 11 is 0. The molecular formula is C9H9F3O. The number of aliphatic hydroxyl groups is 1. The van der Waals surface area contributed by atoms with E-state index >= 15 is 0 Å². The van der Waals surface area contributed by atoms with E-state index in [0.717, 1.165) is 6.07 Å². The first kappa shape index (κ1) is 10.1. The Bertz CT molecular complexity index is 304. The van der Waals surface area contributed by atoms with Gasteiger partial charge in [-0.15, -0.1) is 0 Å². The fraction of sp³-hybridized carbons (Fsp3) is 0.333. The average molecular weight is 190 g/mol. The molecule has 4 heteroatoms. The van der Waals surface area contributed by atoms with Gasteiger partial charge in [0, 0.05) is 0 Å². The van der Waals surface area contributed by atoms with Crippen molar-refractivity contribution in [2.45, 2.75) is 19.7 Å². The van der Waals surface area contributed by atoms with E-state index in [9.17, 15) is 13.2 Å². The highest BCUT2D eigenvalue weighted by atomic mass is 19.4. The fourth-order valence-corrected chi connectivity index (χ4v) is 1.13. The minimum Gasteiger partial charge on any atom is -0.392 e. The molecule has 1 N–H and O–H groups in total. The van der Waals surface area contributed by atoms with Crippen LogP contribution in [0.5, 0.6) is 0 Å². The van der Waals surface area contributed by atoms with E-state index in [0.29, 0.717) is 5.56 Å². The molecule has 0 bridgehead atoms. The van der Waals surface area contributed by atoms with Crippen LogP contribution in [-0.4, -0.2) is 5.11 Å². The molecule has 0 aliphatic carbocycles. The molecule has 1 aromatic rings. The molecule has 0 spiro atoms. The molecule has 0 aliphatic rings. The van der Waals surface area contributed by atoms with E-state index in [2.05, 4.69) is 0 Å². The normalized spacial score (nSPS) is 11.8. The molecule has 72 valence electrons. The van der Waals surface area contributed by atoms with Gasteiger partial charge in [0.25, 0.3) is 0 Å². The molecule has 0 heterocycles. The molecule has 0 fully saturated rings. The number of halogens is 3. The summed E-state index contributed by atoms with van der Waals surface area (Å²) in [5.41, 5.74) is -0.134. The summed E-state index contributed by atoms with van der Waals surface area (Å²) in [4.78, 5) is 0. The van der Waals surface area contributed by atoms with E-state index in [1.165, 1.54) is 12.1 Å². The highest BCUT2D eigenvalue weighted by Gasteiger charge is 2.32. The van der Waals surface area contributed by atoms with Gasteiger partial charge in [0.15, 0.2) is 0 Å². The molecule has 13 heavy (non-hydrogen) atoms. The van der Waals surface area contributed by atoms with Gasteiger partial charge in [-0.05, 0) is 18.6 Å². The highest BCUT2D eigenvalue weighted by molar-refractivity contribution is 5.32. The molecule has 1 rings (SSSR count). The summed E-state index contributed by atoms with van der Waals surface area (Å²) in [5, 5.41) is 8.71. The molecule has 0 saturated carbocycles. The van der Waals surface area contributed by atoms with E-state index in [1.54, 1.807) is 6.92 Å². The summed E-state index contributed by atoms with van der Waals surface area (Å²) in [5.74, 6) is 0. The number of aliphatic hydroxyl groups excluding tert-OH is 1. The SMILES string of the molecule is Cc1ccc(C(F)(F)F)c(CO)c1.